The average Bonchev–Trinajstić information content (AvgIpc) is 2.83. The van der Waals surface area contributed by atoms with Gasteiger partial charge in [-0.15, -0.1) is 10.2 Å². The molecule has 0 fully saturated rings. The summed E-state index contributed by atoms with van der Waals surface area (Å²) in [4.78, 5) is 22.5. The summed E-state index contributed by atoms with van der Waals surface area (Å²) in [7, 11) is 0. The summed E-state index contributed by atoms with van der Waals surface area (Å²) in [6, 6.07) is 5.50. The lowest BCUT2D eigenvalue weighted by atomic mass is 10.1. The molecule has 0 saturated heterocycles. The molecule has 0 aliphatic rings. The number of nitro groups is 1. The third-order valence-corrected chi connectivity index (χ3v) is 4.57. The number of nitrogen functional groups attached to an aromatic ring is 1. The lowest BCUT2D eigenvalue weighted by molar-refractivity contribution is -0.385. The van der Waals surface area contributed by atoms with Gasteiger partial charge in [-0.1, -0.05) is 0 Å². The standard InChI is InChI=1S/C21H21F3N8O3/c1-2-35-11-3-8-27-20-17(18(25)28-19(29-20)13-6-9-26-10-7-13)31-30-16-5-4-14(32(33)34)12-15(16)21(22,23)24/h4-7,9-10,12H,2-3,8,11H2,1H3,(H3,25,27,28,29). The highest BCUT2D eigenvalue weighted by Gasteiger charge is 2.35. The van der Waals surface area contributed by atoms with Crippen LogP contribution in [-0.2, 0) is 10.9 Å². The Morgan fingerprint density at radius 2 is 1.91 bits per heavy atom. The number of nitrogens with one attached hydrogen (secondary N) is 1. The molecular weight excluding hydrogens is 469 g/mol. The quantitative estimate of drug-likeness (QED) is 0.168. The number of hydrogen-bond donors (Lipinski definition) is 2. The van der Waals surface area contributed by atoms with Crippen LogP contribution in [-0.4, -0.2) is 39.6 Å². The van der Waals surface area contributed by atoms with Crippen LogP contribution in [0.2, 0.25) is 0 Å². The van der Waals surface area contributed by atoms with E-state index in [1.807, 2.05) is 6.92 Å². The predicted octanol–water partition coefficient (Wildman–Crippen LogP) is 5.30. The van der Waals surface area contributed by atoms with E-state index in [4.69, 9.17) is 10.5 Å². The Morgan fingerprint density at radius 1 is 1.17 bits per heavy atom. The van der Waals surface area contributed by atoms with Gasteiger partial charge in [0.15, 0.2) is 23.1 Å². The van der Waals surface area contributed by atoms with Gasteiger partial charge >= 0.3 is 6.18 Å². The van der Waals surface area contributed by atoms with Gasteiger partial charge in [-0.2, -0.15) is 13.2 Å². The smallest absolute Gasteiger partial charge is 0.382 e. The Morgan fingerprint density at radius 3 is 2.57 bits per heavy atom. The number of anilines is 2. The zero-order chi connectivity index (χ0) is 25.4. The molecule has 0 saturated carbocycles. The molecule has 3 aromatic rings. The van der Waals surface area contributed by atoms with E-state index >= 15 is 0 Å². The number of azo groups is 1. The van der Waals surface area contributed by atoms with E-state index < -0.39 is 28.0 Å². The number of nitro benzene ring substituents is 1. The summed E-state index contributed by atoms with van der Waals surface area (Å²) in [6.07, 6.45) is -1.19. The fraction of sp³-hybridized carbons (Fsp3) is 0.286. The molecule has 35 heavy (non-hydrogen) atoms. The number of nitrogens with two attached hydrogens (primary N) is 1. The Balaban J connectivity index is 2.01. The number of aromatic nitrogens is 3. The summed E-state index contributed by atoms with van der Waals surface area (Å²) < 4.78 is 45.7. The molecule has 0 radical (unpaired) electrons. The second kappa shape index (κ2) is 11.3. The van der Waals surface area contributed by atoms with Crippen LogP contribution in [0.25, 0.3) is 11.4 Å². The second-order valence-corrected chi connectivity index (χ2v) is 7.00. The van der Waals surface area contributed by atoms with E-state index in [1.165, 1.54) is 0 Å². The number of benzene rings is 1. The molecule has 2 heterocycles. The molecule has 0 atom stereocenters. The maximum absolute atomic E-state index is 13.5. The molecule has 0 bridgehead atoms. The van der Waals surface area contributed by atoms with Gasteiger partial charge in [0.2, 0.25) is 0 Å². The van der Waals surface area contributed by atoms with Crippen molar-refractivity contribution < 1.29 is 22.8 Å². The minimum atomic E-state index is -4.89. The van der Waals surface area contributed by atoms with Gasteiger partial charge in [0.1, 0.15) is 0 Å². The van der Waals surface area contributed by atoms with Gasteiger partial charge in [-0.05, 0) is 31.5 Å². The van der Waals surface area contributed by atoms with Crippen molar-refractivity contribution in [3.05, 3.63) is 58.4 Å². The highest BCUT2D eigenvalue weighted by Crippen LogP contribution is 2.40. The molecule has 0 aliphatic carbocycles. The summed E-state index contributed by atoms with van der Waals surface area (Å²) in [5, 5.41) is 21.5. The molecule has 184 valence electrons. The van der Waals surface area contributed by atoms with Crippen LogP contribution < -0.4 is 11.1 Å². The third kappa shape index (κ3) is 6.66. The number of non-ortho nitro benzene ring substituents is 1. The SMILES string of the molecule is CCOCCCNc1nc(-c2ccncc2)nc(N)c1N=Nc1ccc([N+](=O)[O-])cc1C(F)(F)F. The van der Waals surface area contributed by atoms with Crippen molar-refractivity contribution in [1.82, 2.24) is 15.0 Å². The second-order valence-electron chi connectivity index (χ2n) is 7.00. The van der Waals surface area contributed by atoms with Crippen molar-refractivity contribution in [3.63, 3.8) is 0 Å². The van der Waals surface area contributed by atoms with Crippen molar-refractivity contribution >= 4 is 28.7 Å². The number of rotatable bonds is 10. The van der Waals surface area contributed by atoms with Crippen molar-refractivity contribution in [1.29, 1.82) is 0 Å². The molecule has 1 aromatic carbocycles. The van der Waals surface area contributed by atoms with Gasteiger partial charge < -0.3 is 15.8 Å². The van der Waals surface area contributed by atoms with Crippen LogP contribution in [0.4, 0.5) is 41.9 Å². The van der Waals surface area contributed by atoms with Gasteiger partial charge in [-0.3, -0.25) is 15.1 Å². The minimum absolute atomic E-state index is 0.0781. The first kappa shape index (κ1) is 25.4. The molecular formula is C21H21F3N8O3. The Bertz CT molecular complexity index is 1210. The van der Waals surface area contributed by atoms with Crippen molar-refractivity contribution in [2.24, 2.45) is 10.2 Å². The summed E-state index contributed by atoms with van der Waals surface area (Å²) in [6.45, 7) is 3.31. The summed E-state index contributed by atoms with van der Waals surface area (Å²) >= 11 is 0. The van der Waals surface area contributed by atoms with E-state index in [9.17, 15) is 23.3 Å². The Labute approximate surface area is 197 Å². The molecule has 3 rings (SSSR count). The lowest BCUT2D eigenvalue weighted by Crippen LogP contribution is -2.09. The molecule has 0 aliphatic heterocycles. The predicted molar refractivity (Wildman–Crippen MR) is 122 cm³/mol. The largest absolute Gasteiger partial charge is 0.418 e. The topological polar surface area (TPSA) is 154 Å². The maximum Gasteiger partial charge on any atom is 0.418 e. The van der Waals surface area contributed by atoms with Crippen molar-refractivity contribution in [3.8, 4) is 11.4 Å². The molecule has 0 spiro atoms. The van der Waals surface area contributed by atoms with Gasteiger partial charge in [-0.25, -0.2) is 9.97 Å². The molecule has 2 aromatic heterocycles. The molecule has 3 N–H and O–H groups in total. The minimum Gasteiger partial charge on any atom is -0.382 e. The highest BCUT2D eigenvalue weighted by atomic mass is 19.4. The number of pyridine rings is 1. The fourth-order valence-corrected chi connectivity index (χ4v) is 2.91. The summed E-state index contributed by atoms with van der Waals surface area (Å²) in [5.41, 5.74) is 3.94. The summed E-state index contributed by atoms with van der Waals surface area (Å²) in [5.74, 6) is 0.279. The molecule has 11 nitrogen and oxygen atoms in total. The zero-order valence-corrected chi connectivity index (χ0v) is 18.5. The zero-order valence-electron chi connectivity index (χ0n) is 18.5. The van der Waals surface area contributed by atoms with Crippen molar-refractivity contribution in [2.45, 2.75) is 19.5 Å². The van der Waals surface area contributed by atoms with Gasteiger partial charge in [0.05, 0.1) is 16.2 Å². The molecule has 0 unspecified atom stereocenters. The van der Waals surface area contributed by atoms with E-state index in [-0.39, 0.29) is 23.1 Å². The first-order valence-corrected chi connectivity index (χ1v) is 10.4. The number of alkyl halides is 3. The first-order chi connectivity index (χ1) is 16.7. The third-order valence-electron chi connectivity index (χ3n) is 4.57. The number of ether oxygens (including phenoxy) is 1. The van der Waals surface area contributed by atoms with Crippen LogP contribution in [0.3, 0.4) is 0 Å². The fourth-order valence-electron chi connectivity index (χ4n) is 2.91. The Hall–Kier alpha value is -4.20. The van der Waals surface area contributed by atoms with Gasteiger partial charge in [0, 0.05) is 49.8 Å². The Kier molecular flexibility index (Phi) is 8.20. The van der Waals surface area contributed by atoms with Crippen LogP contribution in [0.15, 0.2) is 53.0 Å². The van der Waals surface area contributed by atoms with E-state index in [0.717, 1.165) is 12.1 Å². The molecule has 0 amide bonds. The van der Waals surface area contributed by atoms with E-state index in [2.05, 4.69) is 30.5 Å². The number of hydrogen-bond acceptors (Lipinski definition) is 10. The first-order valence-electron chi connectivity index (χ1n) is 10.4. The van der Waals surface area contributed by atoms with Crippen LogP contribution in [0, 0.1) is 10.1 Å². The lowest BCUT2D eigenvalue weighted by Gasteiger charge is -2.12. The van der Waals surface area contributed by atoms with Gasteiger partial charge in [0.25, 0.3) is 5.69 Å². The number of nitrogens with zero attached hydrogens (tertiary/aromatic N) is 6. The van der Waals surface area contributed by atoms with E-state index in [0.29, 0.717) is 37.8 Å². The number of halogens is 3. The van der Waals surface area contributed by atoms with Crippen LogP contribution >= 0.6 is 0 Å². The average molecular weight is 490 g/mol. The van der Waals surface area contributed by atoms with Crippen molar-refractivity contribution in [2.75, 3.05) is 30.8 Å². The highest BCUT2D eigenvalue weighted by molar-refractivity contribution is 5.75. The van der Waals surface area contributed by atoms with Crippen LogP contribution in [0.5, 0.6) is 0 Å². The monoisotopic (exact) mass is 490 g/mol. The molecule has 14 heteroatoms. The normalized spacial score (nSPS) is 11.7. The van der Waals surface area contributed by atoms with Crippen LogP contribution in [0.1, 0.15) is 18.9 Å². The maximum atomic E-state index is 13.5. The van der Waals surface area contributed by atoms with E-state index in [1.54, 1.807) is 24.5 Å².